The van der Waals surface area contributed by atoms with Gasteiger partial charge >= 0.3 is 5.97 Å². The van der Waals surface area contributed by atoms with Gasteiger partial charge in [-0.1, -0.05) is 0 Å². The Morgan fingerprint density at radius 1 is 1.13 bits per heavy atom. The van der Waals surface area contributed by atoms with Crippen LogP contribution in [0.15, 0.2) is 35.9 Å². The molecule has 0 aromatic heterocycles. The fourth-order valence-corrected chi connectivity index (χ4v) is 2.32. The zero-order chi connectivity index (χ0) is 16.8. The summed E-state index contributed by atoms with van der Waals surface area (Å²) >= 11 is 0. The predicted octanol–water partition coefficient (Wildman–Crippen LogP) is 1.98. The average molecular weight is 316 g/mol. The highest BCUT2D eigenvalue weighted by atomic mass is 16.5. The van der Waals surface area contributed by atoms with E-state index < -0.39 is 5.97 Å². The smallest absolute Gasteiger partial charge is 0.337 e. The normalized spacial score (nSPS) is 14.5. The van der Waals surface area contributed by atoms with Crippen LogP contribution >= 0.6 is 0 Å². The van der Waals surface area contributed by atoms with Gasteiger partial charge in [0, 0.05) is 30.4 Å². The standard InChI is InChI=1S/C17H20N2O4/c1-12(11-15(20)19-9-3-4-10-19)16(21)18-14-7-5-13(6-8-14)17(22)23-2/h5-8,11H,3-4,9-10H2,1-2H3,(H,18,21)/b12-11+. The van der Waals surface area contributed by atoms with Gasteiger partial charge in [-0.3, -0.25) is 9.59 Å². The van der Waals surface area contributed by atoms with Gasteiger partial charge in [0.2, 0.25) is 5.91 Å². The molecule has 1 heterocycles. The maximum atomic E-state index is 12.1. The van der Waals surface area contributed by atoms with Gasteiger partial charge < -0.3 is 15.0 Å². The number of hydrogen-bond donors (Lipinski definition) is 1. The molecule has 0 atom stereocenters. The SMILES string of the molecule is COC(=O)c1ccc(NC(=O)/C(C)=C/C(=O)N2CCCC2)cc1. The van der Waals surface area contributed by atoms with Crippen LogP contribution in [-0.4, -0.2) is 42.9 Å². The molecule has 0 radical (unpaired) electrons. The number of amides is 2. The van der Waals surface area contributed by atoms with Crippen molar-refractivity contribution in [3.8, 4) is 0 Å². The van der Waals surface area contributed by atoms with E-state index in [-0.39, 0.29) is 11.8 Å². The Balaban J connectivity index is 1.97. The molecule has 2 amide bonds. The van der Waals surface area contributed by atoms with Crippen molar-refractivity contribution in [2.75, 3.05) is 25.5 Å². The highest BCUT2D eigenvalue weighted by Crippen LogP contribution is 2.13. The number of nitrogens with zero attached hydrogens (tertiary/aromatic N) is 1. The number of carbonyl (C=O) groups is 3. The molecule has 6 heteroatoms. The van der Waals surface area contributed by atoms with Crippen LogP contribution in [0.3, 0.4) is 0 Å². The molecule has 0 bridgehead atoms. The number of ether oxygens (including phenoxy) is 1. The van der Waals surface area contributed by atoms with Crippen LogP contribution in [0, 0.1) is 0 Å². The lowest BCUT2D eigenvalue weighted by Gasteiger charge is -2.13. The summed E-state index contributed by atoms with van der Waals surface area (Å²) in [7, 11) is 1.31. The molecule has 1 saturated heterocycles. The summed E-state index contributed by atoms with van der Waals surface area (Å²) in [5.74, 6) is -0.908. The number of methoxy groups -OCH3 is 1. The molecule has 1 fully saturated rings. The molecular formula is C17H20N2O4. The number of esters is 1. The summed E-state index contributed by atoms with van der Waals surface area (Å²) in [6, 6.07) is 6.35. The molecule has 1 aromatic carbocycles. The van der Waals surface area contributed by atoms with Crippen molar-refractivity contribution in [2.24, 2.45) is 0 Å². The molecular weight excluding hydrogens is 296 g/mol. The van der Waals surface area contributed by atoms with Gasteiger partial charge in [-0.2, -0.15) is 0 Å². The van der Waals surface area contributed by atoms with E-state index in [4.69, 9.17) is 0 Å². The Kier molecular flexibility index (Phi) is 5.51. The Morgan fingerprint density at radius 2 is 1.74 bits per heavy atom. The lowest BCUT2D eigenvalue weighted by Crippen LogP contribution is -2.26. The number of anilines is 1. The van der Waals surface area contributed by atoms with Crippen molar-refractivity contribution in [3.05, 3.63) is 41.5 Å². The summed E-state index contributed by atoms with van der Waals surface area (Å²) in [5.41, 5.74) is 1.30. The summed E-state index contributed by atoms with van der Waals surface area (Å²) < 4.78 is 4.61. The van der Waals surface area contributed by atoms with E-state index in [1.54, 1.807) is 36.1 Å². The van der Waals surface area contributed by atoms with E-state index in [0.717, 1.165) is 25.9 Å². The zero-order valence-corrected chi connectivity index (χ0v) is 13.3. The third-order valence-electron chi connectivity index (χ3n) is 3.68. The molecule has 1 aliphatic heterocycles. The van der Waals surface area contributed by atoms with Crippen LogP contribution in [0.5, 0.6) is 0 Å². The highest BCUT2D eigenvalue weighted by Gasteiger charge is 2.17. The van der Waals surface area contributed by atoms with Crippen LogP contribution in [0.4, 0.5) is 5.69 Å². The maximum absolute atomic E-state index is 12.1. The Bertz CT molecular complexity index is 628. The topological polar surface area (TPSA) is 75.7 Å². The van der Waals surface area contributed by atoms with E-state index in [9.17, 15) is 14.4 Å². The first-order valence-corrected chi connectivity index (χ1v) is 7.48. The van der Waals surface area contributed by atoms with Gasteiger partial charge in [0.1, 0.15) is 0 Å². The highest BCUT2D eigenvalue weighted by molar-refractivity contribution is 6.07. The van der Waals surface area contributed by atoms with Crippen molar-refractivity contribution in [1.82, 2.24) is 4.90 Å². The van der Waals surface area contributed by atoms with Gasteiger partial charge in [0.15, 0.2) is 0 Å². The van der Waals surface area contributed by atoms with Crippen molar-refractivity contribution in [3.63, 3.8) is 0 Å². The van der Waals surface area contributed by atoms with Gasteiger partial charge in [0.25, 0.3) is 5.91 Å². The van der Waals surface area contributed by atoms with Crippen LogP contribution in [0.2, 0.25) is 0 Å². The lowest BCUT2D eigenvalue weighted by atomic mass is 10.2. The second-order valence-electron chi connectivity index (χ2n) is 5.38. The third kappa shape index (κ3) is 4.42. The fourth-order valence-electron chi connectivity index (χ4n) is 2.32. The Hall–Kier alpha value is -2.63. The molecule has 0 spiro atoms. The number of carbonyl (C=O) groups excluding carboxylic acids is 3. The molecule has 1 aliphatic rings. The number of nitrogens with one attached hydrogen (secondary N) is 1. The quantitative estimate of drug-likeness (QED) is 0.681. The number of likely N-dealkylation sites (tertiary alicyclic amines) is 1. The summed E-state index contributed by atoms with van der Waals surface area (Å²) in [4.78, 5) is 37.2. The Morgan fingerprint density at radius 3 is 2.30 bits per heavy atom. The first-order valence-electron chi connectivity index (χ1n) is 7.48. The van der Waals surface area contributed by atoms with E-state index in [1.807, 2.05) is 0 Å². The molecule has 122 valence electrons. The summed E-state index contributed by atoms with van der Waals surface area (Å²) in [6.45, 7) is 3.10. The van der Waals surface area contributed by atoms with Crippen LogP contribution in [0.25, 0.3) is 0 Å². The van der Waals surface area contributed by atoms with Gasteiger partial charge in [0.05, 0.1) is 12.7 Å². The van der Waals surface area contributed by atoms with E-state index >= 15 is 0 Å². The Labute approximate surface area is 135 Å². The first kappa shape index (κ1) is 16.7. The van der Waals surface area contributed by atoms with Crippen molar-refractivity contribution in [1.29, 1.82) is 0 Å². The molecule has 2 rings (SSSR count). The predicted molar refractivity (Wildman–Crippen MR) is 86.0 cm³/mol. The number of benzene rings is 1. The maximum Gasteiger partial charge on any atom is 0.337 e. The minimum absolute atomic E-state index is 0.129. The first-order chi connectivity index (χ1) is 11.0. The second-order valence-corrected chi connectivity index (χ2v) is 5.38. The average Bonchev–Trinajstić information content (AvgIpc) is 3.09. The van der Waals surface area contributed by atoms with Crippen molar-refractivity contribution in [2.45, 2.75) is 19.8 Å². The molecule has 6 nitrogen and oxygen atoms in total. The summed E-state index contributed by atoms with van der Waals surface area (Å²) in [6.07, 6.45) is 3.39. The fraction of sp³-hybridized carbons (Fsp3) is 0.353. The molecule has 1 N–H and O–H groups in total. The third-order valence-corrected chi connectivity index (χ3v) is 3.68. The molecule has 0 saturated carbocycles. The minimum Gasteiger partial charge on any atom is -0.465 e. The number of rotatable bonds is 4. The summed E-state index contributed by atoms with van der Waals surface area (Å²) in [5, 5.41) is 2.69. The second kappa shape index (κ2) is 7.58. The molecule has 0 aliphatic carbocycles. The van der Waals surface area contributed by atoms with Gasteiger partial charge in [-0.05, 0) is 44.0 Å². The zero-order valence-electron chi connectivity index (χ0n) is 13.3. The van der Waals surface area contributed by atoms with Crippen LogP contribution in [0.1, 0.15) is 30.1 Å². The lowest BCUT2D eigenvalue weighted by molar-refractivity contribution is -0.125. The van der Waals surface area contributed by atoms with Crippen molar-refractivity contribution < 1.29 is 19.1 Å². The monoisotopic (exact) mass is 316 g/mol. The largest absolute Gasteiger partial charge is 0.465 e. The molecule has 1 aromatic rings. The van der Waals surface area contributed by atoms with Crippen LogP contribution in [-0.2, 0) is 14.3 Å². The molecule has 23 heavy (non-hydrogen) atoms. The van der Waals surface area contributed by atoms with Gasteiger partial charge in [-0.25, -0.2) is 4.79 Å². The molecule has 0 unspecified atom stereocenters. The van der Waals surface area contributed by atoms with Gasteiger partial charge in [-0.15, -0.1) is 0 Å². The van der Waals surface area contributed by atoms with E-state index in [2.05, 4.69) is 10.1 Å². The van der Waals surface area contributed by atoms with Crippen molar-refractivity contribution >= 4 is 23.5 Å². The minimum atomic E-state index is -0.435. The van der Waals surface area contributed by atoms with E-state index in [1.165, 1.54) is 13.2 Å². The van der Waals surface area contributed by atoms with Crippen LogP contribution < -0.4 is 5.32 Å². The van der Waals surface area contributed by atoms with E-state index in [0.29, 0.717) is 16.8 Å². The number of hydrogen-bond acceptors (Lipinski definition) is 4.